The SMILES string of the molecule is OCC(O)Cn1cc(C(F)(F)F)cn1. The molecule has 1 unspecified atom stereocenters. The van der Waals surface area contributed by atoms with Crippen molar-refractivity contribution in [3.05, 3.63) is 18.0 Å². The fourth-order valence-electron chi connectivity index (χ4n) is 0.883. The summed E-state index contributed by atoms with van der Waals surface area (Å²) in [6.07, 6.45) is -4.08. The lowest BCUT2D eigenvalue weighted by molar-refractivity contribution is -0.137. The van der Waals surface area contributed by atoms with Crippen LogP contribution >= 0.6 is 0 Å². The molecule has 0 saturated heterocycles. The molecule has 0 saturated carbocycles. The molecule has 0 fully saturated rings. The lowest BCUT2D eigenvalue weighted by Crippen LogP contribution is -2.20. The van der Waals surface area contributed by atoms with Crippen LogP contribution in [0.2, 0.25) is 0 Å². The van der Waals surface area contributed by atoms with E-state index in [1.54, 1.807) is 0 Å². The summed E-state index contributed by atoms with van der Waals surface area (Å²) in [7, 11) is 0. The second-order valence-electron chi connectivity index (χ2n) is 2.79. The number of aliphatic hydroxyl groups excluding tert-OH is 2. The van der Waals surface area contributed by atoms with Gasteiger partial charge in [0.2, 0.25) is 0 Å². The van der Waals surface area contributed by atoms with Crippen molar-refractivity contribution >= 4 is 0 Å². The number of aromatic nitrogens is 2. The van der Waals surface area contributed by atoms with Crippen LogP contribution in [-0.4, -0.2) is 32.7 Å². The number of alkyl halides is 3. The van der Waals surface area contributed by atoms with Gasteiger partial charge in [-0.3, -0.25) is 4.68 Å². The molecule has 0 radical (unpaired) electrons. The highest BCUT2D eigenvalue weighted by molar-refractivity contribution is 5.08. The molecule has 1 rings (SSSR count). The summed E-state index contributed by atoms with van der Waals surface area (Å²) >= 11 is 0. The van der Waals surface area contributed by atoms with E-state index in [2.05, 4.69) is 5.10 Å². The molecule has 7 heteroatoms. The zero-order valence-corrected chi connectivity index (χ0v) is 7.07. The summed E-state index contributed by atoms with van der Waals surface area (Å²) in [6, 6.07) is 0. The molecule has 2 N–H and O–H groups in total. The third-order valence-electron chi connectivity index (χ3n) is 1.57. The fourth-order valence-corrected chi connectivity index (χ4v) is 0.883. The van der Waals surface area contributed by atoms with Crippen LogP contribution in [0, 0.1) is 0 Å². The summed E-state index contributed by atoms with van der Waals surface area (Å²) < 4.78 is 37.1. The lowest BCUT2D eigenvalue weighted by Gasteiger charge is -2.06. The van der Waals surface area contributed by atoms with Crippen LogP contribution < -0.4 is 0 Å². The van der Waals surface area contributed by atoms with E-state index in [4.69, 9.17) is 10.2 Å². The van der Waals surface area contributed by atoms with Crippen LogP contribution in [0.5, 0.6) is 0 Å². The van der Waals surface area contributed by atoms with Gasteiger partial charge in [0.25, 0.3) is 0 Å². The predicted octanol–water partition coefficient (Wildman–Crippen LogP) is 0.255. The number of halogens is 3. The van der Waals surface area contributed by atoms with Crippen LogP contribution in [0.3, 0.4) is 0 Å². The minimum Gasteiger partial charge on any atom is -0.394 e. The highest BCUT2D eigenvalue weighted by atomic mass is 19.4. The van der Waals surface area contributed by atoms with E-state index in [0.29, 0.717) is 6.20 Å². The zero-order chi connectivity index (χ0) is 10.8. The number of hydrogen-bond acceptors (Lipinski definition) is 3. The summed E-state index contributed by atoms with van der Waals surface area (Å²) in [6.45, 7) is -0.673. The molecule has 1 aromatic rings. The maximum Gasteiger partial charge on any atom is 0.419 e. The van der Waals surface area contributed by atoms with E-state index < -0.39 is 24.5 Å². The zero-order valence-electron chi connectivity index (χ0n) is 7.07. The molecule has 1 atom stereocenters. The van der Waals surface area contributed by atoms with Gasteiger partial charge in [0.05, 0.1) is 31.0 Å². The average molecular weight is 210 g/mol. The minimum absolute atomic E-state index is 0.160. The van der Waals surface area contributed by atoms with Gasteiger partial charge in [0.15, 0.2) is 0 Å². The number of hydrogen-bond donors (Lipinski definition) is 2. The van der Waals surface area contributed by atoms with Crippen molar-refractivity contribution in [1.29, 1.82) is 0 Å². The summed E-state index contributed by atoms with van der Waals surface area (Å²) in [5.74, 6) is 0. The fraction of sp³-hybridized carbons (Fsp3) is 0.571. The number of rotatable bonds is 3. The second kappa shape index (κ2) is 3.97. The van der Waals surface area contributed by atoms with Gasteiger partial charge in [-0.15, -0.1) is 0 Å². The summed E-state index contributed by atoms with van der Waals surface area (Å²) in [5, 5.41) is 20.8. The first-order chi connectivity index (χ1) is 6.43. The van der Waals surface area contributed by atoms with E-state index in [-0.39, 0.29) is 6.54 Å². The normalized spacial score (nSPS) is 14.4. The Labute approximate surface area is 77.6 Å². The Morgan fingerprint density at radius 1 is 1.50 bits per heavy atom. The van der Waals surface area contributed by atoms with Crippen LogP contribution in [0.15, 0.2) is 12.4 Å². The van der Waals surface area contributed by atoms with E-state index >= 15 is 0 Å². The molecule has 0 aromatic carbocycles. The Morgan fingerprint density at radius 3 is 2.57 bits per heavy atom. The number of nitrogens with zero attached hydrogens (tertiary/aromatic N) is 2. The molecule has 80 valence electrons. The molecule has 0 spiro atoms. The molecule has 0 aliphatic rings. The molecular weight excluding hydrogens is 201 g/mol. The van der Waals surface area contributed by atoms with E-state index in [9.17, 15) is 13.2 Å². The Balaban J connectivity index is 2.69. The summed E-state index contributed by atoms with van der Waals surface area (Å²) in [5.41, 5.74) is -0.873. The van der Waals surface area contributed by atoms with Crippen molar-refractivity contribution in [3.8, 4) is 0 Å². The topological polar surface area (TPSA) is 58.3 Å². The van der Waals surface area contributed by atoms with Crippen molar-refractivity contribution in [2.45, 2.75) is 18.8 Å². The lowest BCUT2D eigenvalue weighted by atomic mass is 10.3. The van der Waals surface area contributed by atoms with Gasteiger partial charge in [0, 0.05) is 6.20 Å². The molecule has 1 aromatic heterocycles. The van der Waals surface area contributed by atoms with Crippen molar-refractivity contribution in [3.63, 3.8) is 0 Å². The molecule has 14 heavy (non-hydrogen) atoms. The van der Waals surface area contributed by atoms with Crippen LogP contribution in [-0.2, 0) is 12.7 Å². The average Bonchev–Trinajstić information content (AvgIpc) is 2.51. The maximum absolute atomic E-state index is 12.1. The Morgan fingerprint density at radius 2 is 2.14 bits per heavy atom. The predicted molar refractivity (Wildman–Crippen MR) is 40.3 cm³/mol. The van der Waals surface area contributed by atoms with E-state index in [1.165, 1.54) is 0 Å². The largest absolute Gasteiger partial charge is 0.419 e. The Hall–Kier alpha value is -1.08. The molecule has 0 aliphatic carbocycles. The van der Waals surface area contributed by atoms with Crippen LogP contribution in [0.4, 0.5) is 13.2 Å². The van der Waals surface area contributed by atoms with Crippen molar-refractivity contribution in [2.24, 2.45) is 0 Å². The van der Waals surface area contributed by atoms with E-state index in [1.807, 2.05) is 0 Å². The third-order valence-corrected chi connectivity index (χ3v) is 1.57. The van der Waals surface area contributed by atoms with E-state index in [0.717, 1.165) is 10.9 Å². The van der Waals surface area contributed by atoms with Crippen LogP contribution in [0.25, 0.3) is 0 Å². The standard InChI is InChI=1S/C7H9F3N2O2/c8-7(9,10)5-1-11-12(2-5)3-6(14)4-13/h1-2,6,13-14H,3-4H2. The van der Waals surface area contributed by atoms with Gasteiger partial charge in [-0.25, -0.2) is 0 Å². The third kappa shape index (κ3) is 2.71. The molecule has 1 heterocycles. The van der Waals surface area contributed by atoms with Crippen molar-refractivity contribution in [2.75, 3.05) is 6.61 Å². The first-order valence-corrected chi connectivity index (χ1v) is 3.82. The Kier molecular flexibility index (Phi) is 3.12. The first kappa shape index (κ1) is 11.0. The highest BCUT2D eigenvalue weighted by Gasteiger charge is 2.32. The second-order valence-corrected chi connectivity index (χ2v) is 2.79. The van der Waals surface area contributed by atoms with Gasteiger partial charge in [0.1, 0.15) is 0 Å². The monoisotopic (exact) mass is 210 g/mol. The van der Waals surface area contributed by atoms with Gasteiger partial charge >= 0.3 is 6.18 Å². The molecular formula is C7H9F3N2O2. The first-order valence-electron chi connectivity index (χ1n) is 3.82. The molecule has 0 aliphatic heterocycles. The Bertz CT molecular complexity index is 297. The van der Waals surface area contributed by atoms with Crippen LogP contribution in [0.1, 0.15) is 5.56 Å². The minimum atomic E-state index is -4.43. The van der Waals surface area contributed by atoms with Gasteiger partial charge in [-0.1, -0.05) is 0 Å². The van der Waals surface area contributed by atoms with Gasteiger partial charge in [-0.05, 0) is 0 Å². The quantitative estimate of drug-likeness (QED) is 0.752. The molecule has 4 nitrogen and oxygen atoms in total. The molecule has 0 bridgehead atoms. The van der Waals surface area contributed by atoms with Crippen molar-refractivity contribution in [1.82, 2.24) is 9.78 Å². The maximum atomic E-state index is 12.1. The van der Waals surface area contributed by atoms with Crippen molar-refractivity contribution < 1.29 is 23.4 Å². The molecule has 0 amide bonds. The van der Waals surface area contributed by atoms with Gasteiger partial charge in [-0.2, -0.15) is 18.3 Å². The number of aliphatic hydroxyl groups is 2. The highest BCUT2D eigenvalue weighted by Crippen LogP contribution is 2.28. The summed E-state index contributed by atoms with van der Waals surface area (Å²) in [4.78, 5) is 0. The van der Waals surface area contributed by atoms with Gasteiger partial charge < -0.3 is 10.2 Å². The smallest absolute Gasteiger partial charge is 0.394 e.